The van der Waals surface area contributed by atoms with Gasteiger partial charge in [0.25, 0.3) is 0 Å². The summed E-state index contributed by atoms with van der Waals surface area (Å²) in [7, 11) is 0. The predicted molar refractivity (Wildman–Crippen MR) is 74.1 cm³/mol. The standard InChI is InChI=1S/C14H18BrNO2/c15-11-9-13-12(17-6-3-7-18-13)8-10(11)14(16)4-1-2-5-14/h8-9H,1-7,16H2. The molecule has 3 rings (SSSR count). The van der Waals surface area contributed by atoms with Gasteiger partial charge in [0.2, 0.25) is 0 Å². The summed E-state index contributed by atoms with van der Waals surface area (Å²) in [4.78, 5) is 0. The van der Waals surface area contributed by atoms with E-state index in [1.165, 1.54) is 12.8 Å². The second-order valence-corrected chi connectivity index (χ2v) is 6.05. The third kappa shape index (κ3) is 2.12. The van der Waals surface area contributed by atoms with Gasteiger partial charge in [0, 0.05) is 16.4 Å². The molecule has 1 aromatic carbocycles. The zero-order valence-electron chi connectivity index (χ0n) is 10.4. The highest BCUT2D eigenvalue weighted by atomic mass is 79.9. The number of hydrogen-bond donors (Lipinski definition) is 1. The van der Waals surface area contributed by atoms with Gasteiger partial charge in [-0.05, 0) is 30.5 Å². The summed E-state index contributed by atoms with van der Waals surface area (Å²) in [5, 5.41) is 0. The molecule has 2 aliphatic rings. The van der Waals surface area contributed by atoms with Crippen LogP contribution in [0.5, 0.6) is 11.5 Å². The summed E-state index contributed by atoms with van der Waals surface area (Å²) < 4.78 is 12.5. The number of halogens is 1. The van der Waals surface area contributed by atoms with Gasteiger partial charge in [-0.3, -0.25) is 0 Å². The molecule has 0 saturated heterocycles. The van der Waals surface area contributed by atoms with Crippen molar-refractivity contribution in [2.24, 2.45) is 5.73 Å². The average Bonchev–Trinajstić information content (AvgIpc) is 2.66. The quantitative estimate of drug-likeness (QED) is 0.865. The third-order valence-electron chi connectivity index (χ3n) is 3.87. The summed E-state index contributed by atoms with van der Waals surface area (Å²) in [6.45, 7) is 1.43. The van der Waals surface area contributed by atoms with Crippen LogP contribution in [-0.2, 0) is 5.54 Å². The highest BCUT2D eigenvalue weighted by molar-refractivity contribution is 9.10. The first kappa shape index (κ1) is 12.3. The normalized spacial score (nSPS) is 21.7. The summed E-state index contributed by atoms with van der Waals surface area (Å²) in [6, 6.07) is 4.07. The van der Waals surface area contributed by atoms with Gasteiger partial charge in [0.05, 0.1) is 13.2 Å². The van der Waals surface area contributed by atoms with Crippen molar-refractivity contribution in [2.75, 3.05) is 13.2 Å². The molecule has 3 nitrogen and oxygen atoms in total. The Kier molecular flexibility index (Phi) is 3.24. The molecule has 0 radical (unpaired) electrons. The molecule has 2 N–H and O–H groups in total. The third-order valence-corrected chi connectivity index (χ3v) is 4.53. The van der Waals surface area contributed by atoms with Crippen LogP contribution in [0, 0.1) is 0 Å². The Morgan fingerprint density at radius 2 is 1.61 bits per heavy atom. The van der Waals surface area contributed by atoms with E-state index in [9.17, 15) is 0 Å². The van der Waals surface area contributed by atoms with Crippen LogP contribution in [0.25, 0.3) is 0 Å². The lowest BCUT2D eigenvalue weighted by Gasteiger charge is -2.26. The lowest BCUT2D eigenvalue weighted by Crippen LogP contribution is -2.33. The van der Waals surface area contributed by atoms with Crippen molar-refractivity contribution in [1.82, 2.24) is 0 Å². The molecule has 98 valence electrons. The second-order valence-electron chi connectivity index (χ2n) is 5.19. The van der Waals surface area contributed by atoms with Gasteiger partial charge in [-0.1, -0.05) is 28.8 Å². The lowest BCUT2D eigenvalue weighted by molar-refractivity contribution is 0.296. The largest absolute Gasteiger partial charge is 0.490 e. The summed E-state index contributed by atoms with van der Waals surface area (Å²) in [6.07, 6.45) is 5.43. The van der Waals surface area contributed by atoms with E-state index < -0.39 is 0 Å². The minimum atomic E-state index is -0.205. The van der Waals surface area contributed by atoms with Crippen LogP contribution >= 0.6 is 15.9 Å². The average molecular weight is 312 g/mol. The number of fused-ring (bicyclic) bond motifs is 1. The van der Waals surface area contributed by atoms with Crippen molar-refractivity contribution in [3.63, 3.8) is 0 Å². The predicted octanol–water partition coefficient (Wildman–Crippen LogP) is 3.34. The molecular formula is C14H18BrNO2. The van der Waals surface area contributed by atoms with E-state index in [1.54, 1.807) is 0 Å². The van der Waals surface area contributed by atoms with Gasteiger partial charge < -0.3 is 15.2 Å². The zero-order valence-corrected chi connectivity index (χ0v) is 12.0. The van der Waals surface area contributed by atoms with Crippen molar-refractivity contribution in [2.45, 2.75) is 37.6 Å². The zero-order chi connectivity index (χ0) is 12.6. The van der Waals surface area contributed by atoms with Gasteiger partial charge in [-0.2, -0.15) is 0 Å². The van der Waals surface area contributed by atoms with Gasteiger partial charge >= 0.3 is 0 Å². The Morgan fingerprint density at radius 1 is 1.00 bits per heavy atom. The van der Waals surface area contributed by atoms with E-state index in [1.807, 2.05) is 6.07 Å². The minimum Gasteiger partial charge on any atom is -0.490 e. The van der Waals surface area contributed by atoms with Crippen molar-refractivity contribution in [1.29, 1.82) is 0 Å². The number of hydrogen-bond acceptors (Lipinski definition) is 3. The van der Waals surface area contributed by atoms with Gasteiger partial charge in [-0.25, -0.2) is 0 Å². The first-order valence-electron chi connectivity index (χ1n) is 6.58. The molecular weight excluding hydrogens is 294 g/mol. The van der Waals surface area contributed by atoms with Crippen molar-refractivity contribution in [3.8, 4) is 11.5 Å². The highest BCUT2D eigenvalue weighted by Gasteiger charge is 2.34. The molecule has 1 heterocycles. The molecule has 0 spiro atoms. The SMILES string of the molecule is NC1(c2cc3c(cc2Br)OCCCO3)CCCC1. The Labute approximate surface area is 116 Å². The number of nitrogens with two attached hydrogens (primary N) is 1. The fourth-order valence-electron chi connectivity index (χ4n) is 2.84. The Balaban J connectivity index is 2.02. The highest BCUT2D eigenvalue weighted by Crippen LogP contribution is 2.44. The molecule has 1 fully saturated rings. The molecule has 1 saturated carbocycles. The molecule has 18 heavy (non-hydrogen) atoms. The molecule has 0 amide bonds. The van der Waals surface area contributed by atoms with Gasteiger partial charge in [-0.15, -0.1) is 0 Å². The van der Waals surface area contributed by atoms with Crippen LogP contribution in [0.1, 0.15) is 37.7 Å². The fraction of sp³-hybridized carbons (Fsp3) is 0.571. The van der Waals surface area contributed by atoms with Crippen LogP contribution in [0.15, 0.2) is 16.6 Å². The topological polar surface area (TPSA) is 44.5 Å². The molecule has 0 aromatic heterocycles. The van der Waals surface area contributed by atoms with Gasteiger partial charge in [0.15, 0.2) is 11.5 Å². The van der Waals surface area contributed by atoms with Crippen molar-refractivity contribution >= 4 is 15.9 Å². The van der Waals surface area contributed by atoms with Crippen molar-refractivity contribution in [3.05, 3.63) is 22.2 Å². The van der Waals surface area contributed by atoms with Crippen LogP contribution < -0.4 is 15.2 Å². The summed E-state index contributed by atoms with van der Waals surface area (Å²) in [5.74, 6) is 1.66. The van der Waals surface area contributed by atoms with E-state index in [4.69, 9.17) is 15.2 Å². The molecule has 4 heteroatoms. The molecule has 1 aliphatic carbocycles. The molecule has 0 unspecified atom stereocenters. The Morgan fingerprint density at radius 3 is 2.28 bits per heavy atom. The Bertz CT molecular complexity index is 455. The monoisotopic (exact) mass is 311 g/mol. The van der Waals surface area contributed by atoms with Gasteiger partial charge in [0.1, 0.15) is 0 Å². The maximum atomic E-state index is 6.53. The minimum absolute atomic E-state index is 0.205. The smallest absolute Gasteiger partial charge is 0.162 e. The molecule has 1 aliphatic heterocycles. The van der Waals surface area contributed by atoms with Crippen LogP contribution in [0.3, 0.4) is 0 Å². The van der Waals surface area contributed by atoms with E-state index in [0.717, 1.165) is 40.8 Å². The second kappa shape index (κ2) is 4.74. The summed E-state index contributed by atoms with van der Waals surface area (Å²) in [5.41, 5.74) is 7.48. The summed E-state index contributed by atoms with van der Waals surface area (Å²) >= 11 is 3.63. The molecule has 1 aromatic rings. The molecule has 0 bridgehead atoms. The number of ether oxygens (including phenoxy) is 2. The lowest BCUT2D eigenvalue weighted by atomic mass is 9.89. The van der Waals surface area contributed by atoms with E-state index in [2.05, 4.69) is 22.0 Å². The molecule has 0 atom stereocenters. The fourth-order valence-corrected chi connectivity index (χ4v) is 3.56. The Hall–Kier alpha value is -0.740. The van der Waals surface area contributed by atoms with Crippen LogP contribution in [-0.4, -0.2) is 13.2 Å². The maximum Gasteiger partial charge on any atom is 0.162 e. The first-order chi connectivity index (χ1) is 8.69. The number of rotatable bonds is 1. The maximum absolute atomic E-state index is 6.53. The van der Waals surface area contributed by atoms with E-state index in [0.29, 0.717) is 13.2 Å². The van der Waals surface area contributed by atoms with E-state index >= 15 is 0 Å². The van der Waals surface area contributed by atoms with Crippen molar-refractivity contribution < 1.29 is 9.47 Å². The van der Waals surface area contributed by atoms with E-state index in [-0.39, 0.29) is 5.54 Å². The number of benzene rings is 1. The van der Waals surface area contributed by atoms with Crippen LogP contribution in [0.4, 0.5) is 0 Å². The first-order valence-corrected chi connectivity index (χ1v) is 7.37. The van der Waals surface area contributed by atoms with Crippen LogP contribution in [0.2, 0.25) is 0 Å².